The predicted octanol–water partition coefficient (Wildman–Crippen LogP) is 2.82. The zero-order valence-corrected chi connectivity index (χ0v) is 9.23. The van der Waals surface area contributed by atoms with Gasteiger partial charge in [-0.3, -0.25) is 0 Å². The van der Waals surface area contributed by atoms with Crippen molar-refractivity contribution in [1.82, 2.24) is 0 Å². The highest BCUT2D eigenvalue weighted by atomic mass is 16.7. The molecule has 0 amide bonds. The van der Waals surface area contributed by atoms with E-state index in [0.717, 1.165) is 0 Å². The monoisotopic (exact) mass is 174 g/mol. The third-order valence-electron chi connectivity index (χ3n) is 2.20. The molecule has 0 saturated heterocycles. The van der Waals surface area contributed by atoms with Crippen molar-refractivity contribution in [2.45, 2.75) is 47.3 Å². The first-order valence-corrected chi connectivity index (χ1v) is 4.65. The molecule has 0 aromatic heterocycles. The van der Waals surface area contributed by atoms with E-state index in [1.165, 1.54) is 0 Å². The van der Waals surface area contributed by atoms with Crippen LogP contribution in [0.25, 0.3) is 0 Å². The van der Waals surface area contributed by atoms with Crippen LogP contribution in [-0.2, 0) is 9.47 Å². The maximum absolute atomic E-state index is 5.61. The quantitative estimate of drug-likeness (QED) is 0.610. The Bertz CT molecular complexity index is 118. The van der Waals surface area contributed by atoms with Crippen molar-refractivity contribution < 1.29 is 9.47 Å². The standard InChI is InChI=1S/C10H22O2/c1-7-11-10(6,12-8-2)9(3,4)5/h7-8H2,1-6H3. The van der Waals surface area contributed by atoms with E-state index >= 15 is 0 Å². The van der Waals surface area contributed by atoms with Gasteiger partial charge in [-0.15, -0.1) is 0 Å². The molecule has 0 unspecified atom stereocenters. The largest absolute Gasteiger partial charge is 0.350 e. The van der Waals surface area contributed by atoms with Crippen LogP contribution in [0.3, 0.4) is 0 Å². The number of rotatable bonds is 4. The molecular formula is C10H22O2. The summed E-state index contributed by atoms with van der Waals surface area (Å²) >= 11 is 0. The van der Waals surface area contributed by atoms with Crippen LogP contribution in [0.1, 0.15) is 41.5 Å². The van der Waals surface area contributed by atoms with Crippen LogP contribution in [0.15, 0.2) is 0 Å². The van der Waals surface area contributed by atoms with Crippen molar-refractivity contribution in [3.05, 3.63) is 0 Å². The Morgan fingerprint density at radius 1 is 0.833 bits per heavy atom. The average Bonchev–Trinajstić information content (AvgIpc) is 1.86. The van der Waals surface area contributed by atoms with Gasteiger partial charge < -0.3 is 9.47 Å². The summed E-state index contributed by atoms with van der Waals surface area (Å²) in [5.41, 5.74) is 0.0129. The Labute approximate surface area is 76.3 Å². The topological polar surface area (TPSA) is 18.5 Å². The third-order valence-corrected chi connectivity index (χ3v) is 2.20. The average molecular weight is 174 g/mol. The first-order valence-electron chi connectivity index (χ1n) is 4.65. The van der Waals surface area contributed by atoms with Crippen molar-refractivity contribution in [2.75, 3.05) is 13.2 Å². The molecule has 2 heteroatoms. The molecule has 0 aliphatic carbocycles. The van der Waals surface area contributed by atoms with E-state index in [2.05, 4.69) is 20.8 Å². The minimum Gasteiger partial charge on any atom is -0.350 e. The summed E-state index contributed by atoms with van der Waals surface area (Å²) in [6, 6.07) is 0. The SMILES string of the molecule is CCOC(C)(OCC)C(C)(C)C. The second-order valence-corrected chi connectivity index (χ2v) is 4.06. The Kier molecular flexibility index (Phi) is 4.21. The number of ether oxygens (including phenoxy) is 2. The van der Waals surface area contributed by atoms with Crippen molar-refractivity contribution in [3.63, 3.8) is 0 Å². The van der Waals surface area contributed by atoms with Crippen LogP contribution in [0.2, 0.25) is 0 Å². The maximum atomic E-state index is 5.61. The van der Waals surface area contributed by atoms with Gasteiger partial charge in [-0.05, 0) is 20.8 Å². The van der Waals surface area contributed by atoms with Crippen LogP contribution < -0.4 is 0 Å². The van der Waals surface area contributed by atoms with Crippen LogP contribution in [0, 0.1) is 5.41 Å². The molecule has 2 nitrogen and oxygen atoms in total. The molecule has 0 bridgehead atoms. The second kappa shape index (κ2) is 4.24. The van der Waals surface area contributed by atoms with Gasteiger partial charge in [-0.25, -0.2) is 0 Å². The molecule has 0 aliphatic rings. The first kappa shape index (κ1) is 11.9. The van der Waals surface area contributed by atoms with Gasteiger partial charge in [-0.2, -0.15) is 0 Å². The zero-order valence-electron chi connectivity index (χ0n) is 9.23. The molecule has 0 rings (SSSR count). The van der Waals surface area contributed by atoms with Crippen LogP contribution in [-0.4, -0.2) is 19.0 Å². The van der Waals surface area contributed by atoms with Crippen LogP contribution in [0.4, 0.5) is 0 Å². The molecule has 0 N–H and O–H groups in total. The third kappa shape index (κ3) is 2.76. The number of hydrogen-bond donors (Lipinski definition) is 0. The Morgan fingerprint density at radius 2 is 1.17 bits per heavy atom. The Hall–Kier alpha value is -0.0800. The van der Waals surface area contributed by atoms with E-state index in [1.54, 1.807) is 0 Å². The van der Waals surface area contributed by atoms with Gasteiger partial charge in [-0.1, -0.05) is 20.8 Å². The fourth-order valence-corrected chi connectivity index (χ4v) is 1.03. The zero-order chi connectivity index (χ0) is 9.83. The lowest BCUT2D eigenvalue weighted by atomic mass is 9.86. The minimum absolute atomic E-state index is 0.0129. The molecule has 0 atom stereocenters. The molecule has 0 aromatic rings. The molecule has 0 saturated carbocycles. The summed E-state index contributed by atoms with van der Waals surface area (Å²) in [5.74, 6) is -0.462. The Balaban J connectivity index is 4.38. The van der Waals surface area contributed by atoms with Crippen molar-refractivity contribution in [1.29, 1.82) is 0 Å². The molecule has 74 valence electrons. The van der Waals surface area contributed by atoms with E-state index in [9.17, 15) is 0 Å². The summed E-state index contributed by atoms with van der Waals surface area (Å²) in [4.78, 5) is 0. The van der Waals surface area contributed by atoms with Gasteiger partial charge >= 0.3 is 0 Å². The fraction of sp³-hybridized carbons (Fsp3) is 1.00. The van der Waals surface area contributed by atoms with Gasteiger partial charge in [0.2, 0.25) is 0 Å². The van der Waals surface area contributed by atoms with E-state index < -0.39 is 5.79 Å². The highest BCUT2D eigenvalue weighted by Gasteiger charge is 2.38. The van der Waals surface area contributed by atoms with Crippen molar-refractivity contribution in [3.8, 4) is 0 Å². The minimum atomic E-state index is -0.462. The molecular weight excluding hydrogens is 152 g/mol. The first-order chi connectivity index (χ1) is 5.37. The summed E-state index contributed by atoms with van der Waals surface area (Å²) in [7, 11) is 0. The lowest BCUT2D eigenvalue weighted by Gasteiger charge is -2.40. The lowest BCUT2D eigenvalue weighted by molar-refractivity contribution is -0.273. The van der Waals surface area contributed by atoms with Crippen LogP contribution >= 0.6 is 0 Å². The van der Waals surface area contributed by atoms with Gasteiger partial charge in [0.1, 0.15) is 0 Å². The van der Waals surface area contributed by atoms with Crippen molar-refractivity contribution in [2.24, 2.45) is 5.41 Å². The summed E-state index contributed by atoms with van der Waals surface area (Å²) in [5, 5.41) is 0. The van der Waals surface area contributed by atoms with E-state index in [-0.39, 0.29) is 5.41 Å². The van der Waals surface area contributed by atoms with Gasteiger partial charge in [0.25, 0.3) is 0 Å². The molecule has 0 aliphatic heterocycles. The van der Waals surface area contributed by atoms with Gasteiger partial charge in [0.05, 0.1) is 0 Å². The lowest BCUT2D eigenvalue weighted by Crippen LogP contribution is -2.45. The highest BCUT2D eigenvalue weighted by Crippen LogP contribution is 2.34. The van der Waals surface area contributed by atoms with Crippen molar-refractivity contribution >= 4 is 0 Å². The van der Waals surface area contributed by atoms with E-state index in [1.807, 2.05) is 20.8 Å². The predicted molar refractivity (Wildman–Crippen MR) is 51.1 cm³/mol. The summed E-state index contributed by atoms with van der Waals surface area (Å²) in [6.45, 7) is 13.7. The highest BCUT2D eigenvalue weighted by molar-refractivity contribution is 4.79. The Morgan fingerprint density at radius 3 is 1.33 bits per heavy atom. The molecule has 0 radical (unpaired) electrons. The molecule has 0 spiro atoms. The smallest absolute Gasteiger partial charge is 0.170 e. The molecule has 0 aromatic carbocycles. The molecule has 0 heterocycles. The molecule has 0 fully saturated rings. The second-order valence-electron chi connectivity index (χ2n) is 4.06. The van der Waals surface area contributed by atoms with Gasteiger partial charge in [0, 0.05) is 18.6 Å². The normalized spacial score (nSPS) is 13.5. The summed E-state index contributed by atoms with van der Waals surface area (Å²) < 4.78 is 11.2. The molecule has 12 heavy (non-hydrogen) atoms. The van der Waals surface area contributed by atoms with Gasteiger partial charge in [0.15, 0.2) is 5.79 Å². The van der Waals surface area contributed by atoms with E-state index in [4.69, 9.17) is 9.47 Å². The fourth-order valence-electron chi connectivity index (χ4n) is 1.03. The number of hydrogen-bond acceptors (Lipinski definition) is 2. The summed E-state index contributed by atoms with van der Waals surface area (Å²) in [6.07, 6.45) is 0. The maximum Gasteiger partial charge on any atom is 0.170 e. The van der Waals surface area contributed by atoms with Crippen LogP contribution in [0.5, 0.6) is 0 Å². The van der Waals surface area contributed by atoms with E-state index in [0.29, 0.717) is 13.2 Å².